The SMILES string of the molecule is CCN(c1ccc(NC(=O)COC(=O)Cc2csc(-c3cccs3)n2)cc1)C(C)C. The lowest BCUT2D eigenvalue weighted by molar-refractivity contribution is -0.146. The third-order valence-electron chi connectivity index (χ3n) is 4.42. The van der Waals surface area contributed by atoms with Gasteiger partial charge in [0.05, 0.1) is 17.0 Å². The Morgan fingerprint density at radius 2 is 1.93 bits per heavy atom. The van der Waals surface area contributed by atoms with Crippen LogP contribution in [0.3, 0.4) is 0 Å². The van der Waals surface area contributed by atoms with Crippen LogP contribution < -0.4 is 10.2 Å². The largest absolute Gasteiger partial charge is 0.455 e. The minimum atomic E-state index is -0.473. The molecule has 0 bridgehead atoms. The number of thiophene rings is 1. The van der Waals surface area contributed by atoms with E-state index in [0.717, 1.165) is 22.1 Å². The molecule has 6 nitrogen and oxygen atoms in total. The lowest BCUT2D eigenvalue weighted by atomic mass is 10.2. The van der Waals surface area contributed by atoms with Gasteiger partial charge in [-0.1, -0.05) is 6.07 Å². The second kappa shape index (κ2) is 10.4. The first-order chi connectivity index (χ1) is 14.5. The molecular formula is C22H25N3O3S2. The van der Waals surface area contributed by atoms with Crippen LogP contribution >= 0.6 is 22.7 Å². The highest BCUT2D eigenvalue weighted by atomic mass is 32.1. The van der Waals surface area contributed by atoms with E-state index in [1.165, 1.54) is 11.3 Å². The number of rotatable bonds is 9. The number of carbonyl (C=O) groups is 2. The van der Waals surface area contributed by atoms with Gasteiger partial charge in [0.15, 0.2) is 6.61 Å². The van der Waals surface area contributed by atoms with Crippen LogP contribution in [0.25, 0.3) is 9.88 Å². The van der Waals surface area contributed by atoms with E-state index in [0.29, 0.717) is 17.4 Å². The molecule has 1 N–H and O–H groups in total. The third-order valence-corrected chi connectivity index (χ3v) is 6.35. The van der Waals surface area contributed by atoms with Crippen molar-refractivity contribution in [2.24, 2.45) is 0 Å². The Morgan fingerprint density at radius 3 is 2.57 bits per heavy atom. The van der Waals surface area contributed by atoms with Crippen LogP contribution in [0.2, 0.25) is 0 Å². The Hall–Kier alpha value is -2.71. The third kappa shape index (κ3) is 5.90. The quantitative estimate of drug-likeness (QED) is 0.480. The highest BCUT2D eigenvalue weighted by molar-refractivity contribution is 7.20. The van der Waals surface area contributed by atoms with Crippen LogP contribution in [0, 0.1) is 0 Å². The van der Waals surface area contributed by atoms with Crippen LogP contribution in [0.15, 0.2) is 47.2 Å². The smallest absolute Gasteiger partial charge is 0.312 e. The molecule has 30 heavy (non-hydrogen) atoms. The molecule has 0 aliphatic rings. The zero-order valence-electron chi connectivity index (χ0n) is 17.3. The maximum atomic E-state index is 12.1. The van der Waals surface area contributed by atoms with Crippen molar-refractivity contribution < 1.29 is 14.3 Å². The number of benzene rings is 1. The molecule has 0 aliphatic carbocycles. The number of hydrogen-bond acceptors (Lipinski definition) is 7. The lowest BCUT2D eigenvalue weighted by Gasteiger charge is -2.27. The summed E-state index contributed by atoms with van der Waals surface area (Å²) in [7, 11) is 0. The number of hydrogen-bond donors (Lipinski definition) is 1. The molecule has 2 heterocycles. The predicted octanol–water partition coefficient (Wildman–Crippen LogP) is 4.83. The monoisotopic (exact) mass is 443 g/mol. The molecule has 0 radical (unpaired) electrons. The van der Waals surface area contributed by atoms with Gasteiger partial charge in [-0.2, -0.15) is 0 Å². The number of carbonyl (C=O) groups excluding carboxylic acids is 2. The average Bonchev–Trinajstić information content (AvgIpc) is 3.40. The van der Waals surface area contributed by atoms with Gasteiger partial charge < -0.3 is 15.0 Å². The first-order valence-corrected chi connectivity index (χ1v) is 11.5. The van der Waals surface area contributed by atoms with Gasteiger partial charge in [0.25, 0.3) is 5.91 Å². The zero-order chi connectivity index (χ0) is 21.5. The van der Waals surface area contributed by atoms with Crippen molar-refractivity contribution in [1.82, 2.24) is 4.98 Å². The Kier molecular flexibility index (Phi) is 7.59. The fourth-order valence-corrected chi connectivity index (χ4v) is 4.66. The van der Waals surface area contributed by atoms with E-state index in [1.807, 2.05) is 47.2 Å². The van der Waals surface area contributed by atoms with Gasteiger partial charge in [-0.25, -0.2) is 4.98 Å². The fraction of sp³-hybridized carbons (Fsp3) is 0.318. The lowest BCUT2D eigenvalue weighted by Crippen LogP contribution is -2.30. The number of nitrogens with one attached hydrogen (secondary N) is 1. The van der Waals surface area contributed by atoms with Crippen LogP contribution in [-0.2, 0) is 20.7 Å². The van der Waals surface area contributed by atoms with E-state index in [4.69, 9.17) is 4.74 Å². The van der Waals surface area contributed by atoms with Gasteiger partial charge in [0.2, 0.25) is 0 Å². The number of aromatic nitrogens is 1. The maximum Gasteiger partial charge on any atom is 0.312 e. The molecule has 0 unspecified atom stereocenters. The summed E-state index contributed by atoms with van der Waals surface area (Å²) in [6, 6.07) is 12.0. The molecule has 0 saturated heterocycles. The van der Waals surface area contributed by atoms with Crippen molar-refractivity contribution in [2.75, 3.05) is 23.4 Å². The molecule has 1 aromatic carbocycles. The minimum Gasteiger partial charge on any atom is -0.455 e. The summed E-state index contributed by atoms with van der Waals surface area (Å²) in [6.45, 7) is 6.98. The number of ether oxygens (including phenoxy) is 1. The van der Waals surface area contributed by atoms with Crippen LogP contribution in [0.4, 0.5) is 11.4 Å². The Balaban J connectivity index is 1.45. The van der Waals surface area contributed by atoms with E-state index >= 15 is 0 Å². The molecule has 3 rings (SSSR count). The second-order valence-corrected chi connectivity index (χ2v) is 8.74. The Bertz CT molecular complexity index is 966. The molecule has 1 amide bonds. The van der Waals surface area contributed by atoms with Gasteiger partial charge in [-0.15, -0.1) is 22.7 Å². The average molecular weight is 444 g/mol. The second-order valence-electron chi connectivity index (χ2n) is 6.93. The van der Waals surface area contributed by atoms with Gasteiger partial charge >= 0.3 is 5.97 Å². The van der Waals surface area contributed by atoms with Gasteiger partial charge in [0.1, 0.15) is 5.01 Å². The summed E-state index contributed by atoms with van der Waals surface area (Å²) in [5.41, 5.74) is 2.41. The van der Waals surface area contributed by atoms with Crippen LogP contribution in [0.1, 0.15) is 26.5 Å². The summed E-state index contributed by atoms with van der Waals surface area (Å²) in [6.07, 6.45) is 0.0475. The number of anilines is 2. The summed E-state index contributed by atoms with van der Waals surface area (Å²) in [5.74, 6) is -0.844. The zero-order valence-corrected chi connectivity index (χ0v) is 18.9. The topological polar surface area (TPSA) is 71.5 Å². The first kappa shape index (κ1) is 22.0. The number of amides is 1. The van der Waals surface area contributed by atoms with Crippen molar-refractivity contribution >= 4 is 45.9 Å². The van der Waals surface area contributed by atoms with E-state index < -0.39 is 5.97 Å². The molecule has 0 fully saturated rings. The van der Waals surface area contributed by atoms with E-state index in [9.17, 15) is 9.59 Å². The van der Waals surface area contributed by atoms with E-state index in [-0.39, 0.29) is 18.9 Å². The highest BCUT2D eigenvalue weighted by Gasteiger charge is 2.13. The summed E-state index contributed by atoms with van der Waals surface area (Å²) >= 11 is 3.09. The van der Waals surface area contributed by atoms with Crippen molar-refractivity contribution in [3.63, 3.8) is 0 Å². The molecular weight excluding hydrogens is 418 g/mol. The van der Waals surface area contributed by atoms with E-state index in [2.05, 4.69) is 36.0 Å². The number of nitrogens with zero attached hydrogens (tertiary/aromatic N) is 2. The van der Waals surface area contributed by atoms with Gasteiger partial charge in [-0.3, -0.25) is 9.59 Å². The molecule has 8 heteroatoms. The van der Waals surface area contributed by atoms with Crippen molar-refractivity contribution in [3.05, 3.63) is 52.9 Å². The summed E-state index contributed by atoms with van der Waals surface area (Å²) in [5, 5.41) is 7.46. The molecule has 158 valence electrons. The van der Waals surface area contributed by atoms with Crippen LogP contribution in [0.5, 0.6) is 0 Å². The van der Waals surface area contributed by atoms with Gasteiger partial charge in [0, 0.05) is 29.3 Å². The molecule has 3 aromatic rings. The molecule has 2 aromatic heterocycles. The van der Waals surface area contributed by atoms with E-state index in [1.54, 1.807) is 11.3 Å². The Labute approximate surface area is 184 Å². The summed E-state index contributed by atoms with van der Waals surface area (Å²) < 4.78 is 5.10. The normalized spacial score (nSPS) is 10.8. The highest BCUT2D eigenvalue weighted by Crippen LogP contribution is 2.28. The molecule has 0 aliphatic heterocycles. The van der Waals surface area contributed by atoms with Crippen molar-refractivity contribution in [1.29, 1.82) is 0 Å². The number of thiazole rings is 1. The Morgan fingerprint density at radius 1 is 1.17 bits per heavy atom. The first-order valence-electron chi connectivity index (χ1n) is 9.76. The van der Waals surface area contributed by atoms with Crippen molar-refractivity contribution in [3.8, 4) is 9.88 Å². The molecule has 0 saturated carbocycles. The fourth-order valence-electron chi connectivity index (χ4n) is 3.03. The maximum absolute atomic E-state index is 12.1. The van der Waals surface area contributed by atoms with Crippen molar-refractivity contribution in [2.45, 2.75) is 33.2 Å². The minimum absolute atomic E-state index is 0.0475. The number of esters is 1. The van der Waals surface area contributed by atoms with Crippen LogP contribution in [-0.4, -0.2) is 36.1 Å². The predicted molar refractivity (Wildman–Crippen MR) is 123 cm³/mol. The molecule has 0 atom stereocenters. The standard InChI is InChI=1S/C22H25N3O3S2/c1-4-25(15(2)3)18-9-7-16(8-10-18)23-20(26)13-28-21(27)12-17-14-30-22(24-17)19-6-5-11-29-19/h5-11,14-15H,4,12-13H2,1-3H3,(H,23,26). The molecule has 0 spiro atoms. The summed E-state index contributed by atoms with van der Waals surface area (Å²) in [4.78, 5) is 31.9. The van der Waals surface area contributed by atoms with Gasteiger partial charge in [-0.05, 0) is 56.5 Å².